The predicted octanol–water partition coefficient (Wildman–Crippen LogP) is 3.16. The van der Waals surface area contributed by atoms with Crippen LogP contribution >= 0.6 is 27.5 Å². The number of hydrogen-bond donors (Lipinski definition) is 1. The maximum atomic E-state index is 11.1. The topological polar surface area (TPSA) is 83.1 Å². The largest absolute Gasteiger partial charge is 0.480 e. The van der Waals surface area contributed by atoms with Gasteiger partial charge in [0.1, 0.15) is 18.2 Å². The molecule has 0 saturated heterocycles. The lowest BCUT2D eigenvalue weighted by molar-refractivity contribution is -0.137. The molecule has 0 saturated carbocycles. The summed E-state index contributed by atoms with van der Waals surface area (Å²) in [6.45, 7) is -0.220. The molecule has 0 amide bonds. The number of nitriles is 1. The van der Waals surface area contributed by atoms with Gasteiger partial charge in [-0.25, -0.2) is 0 Å². The lowest BCUT2D eigenvalue weighted by Crippen LogP contribution is -2.07. The van der Waals surface area contributed by atoms with Crippen molar-refractivity contribution in [3.05, 3.63) is 40.0 Å². The van der Waals surface area contributed by atoms with Crippen LogP contribution in [0.4, 0.5) is 0 Å². The fourth-order valence-electron chi connectivity index (χ4n) is 1.98. The molecule has 0 aliphatic carbocycles. The summed E-state index contributed by atoms with van der Waals surface area (Å²) in [5.41, 5.74) is 1.04. The molecule has 2 aromatic rings. The highest BCUT2D eigenvalue weighted by Crippen LogP contribution is 2.27. The molecule has 0 spiro atoms. The number of carbonyl (C=O) groups excluding carboxylic acids is 1. The number of aromatic nitrogens is 1. The zero-order valence-electron chi connectivity index (χ0n) is 10.5. The number of carboxylic acids is 1. The number of rotatable bonds is 4. The summed E-state index contributed by atoms with van der Waals surface area (Å²) in [5.74, 6) is -0.987. The van der Waals surface area contributed by atoms with Gasteiger partial charge in [-0.1, -0.05) is 15.9 Å². The molecular weight excluding hydrogens is 360 g/mol. The molecule has 0 unspecified atom stereocenters. The number of nitrogens with zero attached hydrogens (tertiary/aromatic N) is 2. The first-order valence-electron chi connectivity index (χ1n) is 5.74. The van der Waals surface area contributed by atoms with Gasteiger partial charge in [0, 0.05) is 27.1 Å². The minimum absolute atomic E-state index is 0.203. The Labute approximate surface area is 133 Å². The van der Waals surface area contributed by atoms with Crippen LogP contribution in [-0.4, -0.2) is 20.9 Å². The summed E-state index contributed by atoms with van der Waals surface area (Å²) in [6.07, 6.45) is 2.92. The average molecular weight is 368 g/mol. The molecular formula is C14H8BrClN2O3. The van der Waals surface area contributed by atoms with Crippen LogP contribution in [0, 0.1) is 11.3 Å². The summed E-state index contributed by atoms with van der Waals surface area (Å²) in [6, 6.07) is 7.05. The SMILES string of the molecule is N#C/C(=C\c1cn(CC(=O)O)c2ccc(Br)cc12)C(=O)Cl. The Bertz CT molecular complexity index is 817. The highest BCUT2D eigenvalue weighted by atomic mass is 79.9. The lowest BCUT2D eigenvalue weighted by Gasteiger charge is -2.00. The van der Waals surface area contributed by atoms with Gasteiger partial charge in [0.05, 0.1) is 0 Å². The number of carboxylic acid groups (broad SMARTS) is 1. The second kappa shape index (κ2) is 6.12. The Hall–Kier alpha value is -2.10. The van der Waals surface area contributed by atoms with E-state index in [4.69, 9.17) is 22.0 Å². The predicted molar refractivity (Wildman–Crippen MR) is 81.7 cm³/mol. The first-order valence-corrected chi connectivity index (χ1v) is 6.91. The molecule has 5 nitrogen and oxygen atoms in total. The molecule has 0 fully saturated rings. The summed E-state index contributed by atoms with van der Waals surface area (Å²) in [4.78, 5) is 22.0. The zero-order valence-corrected chi connectivity index (χ0v) is 12.8. The fourth-order valence-corrected chi connectivity index (χ4v) is 2.43. The summed E-state index contributed by atoms with van der Waals surface area (Å²) >= 11 is 8.66. The molecule has 0 aliphatic rings. The second-order valence-corrected chi connectivity index (χ2v) is 5.47. The van der Waals surface area contributed by atoms with E-state index in [0.717, 1.165) is 9.86 Å². The van der Waals surface area contributed by atoms with Crippen molar-refractivity contribution < 1.29 is 14.7 Å². The molecule has 21 heavy (non-hydrogen) atoms. The fraction of sp³-hybridized carbons (Fsp3) is 0.0714. The molecule has 0 radical (unpaired) electrons. The first kappa shape index (κ1) is 15.3. The van der Waals surface area contributed by atoms with Crippen molar-refractivity contribution in [1.29, 1.82) is 5.26 Å². The van der Waals surface area contributed by atoms with Crippen molar-refractivity contribution in [2.24, 2.45) is 0 Å². The molecule has 1 heterocycles. The van der Waals surface area contributed by atoms with Crippen LogP contribution in [0.25, 0.3) is 17.0 Å². The lowest BCUT2D eigenvalue weighted by atomic mass is 10.1. The van der Waals surface area contributed by atoms with Crippen LogP contribution < -0.4 is 0 Å². The van der Waals surface area contributed by atoms with E-state index in [0.29, 0.717) is 11.1 Å². The van der Waals surface area contributed by atoms with Crippen molar-refractivity contribution in [3.8, 4) is 6.07 Å². The minimum Gasteiger partial charge on any atom is -0.480 e. The van der Waals surface area contributed by atoms with Crippen molar-refractivity contribution in [3.63, 3.8) is 0 Å². The van der Waals surface area contributed by atoms with Crippen molar-refractivity contribution in [2.45, 2.75) is 6.54 Å². The summed E-state index contributed by atoms with van der Waals surface area (Å²) < 4.78 is 2.33. The third-order valence-corrected chi connectivity index (χ3v) is 3.51. The zero-order chi connectivity index (χ0) is 15.6. The molecule has 0 aliphatic heterocycles. The minimum atomic E-state index is -0.987. The smallest absolute Gasteiger partial charge is 0.323 e. The van der Waals surface area contributed by atoms with E-state index in [1.54, 1.807) is 30.5 Å². The maximum Gasteiger partial charge on any atom is 0.323 e. The van der Waals surface area contributed by atoms with E-state index >= 15 is 0 Å². The molecule has 0 bridgehead atoms. The highest BCUT2D eigenvalue weighted by Gasteiger charge is 2.12. The van der Waals surface area contributed by atoms with E-state index in [9.17, 15) is 9.59 Å². The van der Waals surface area contributed by atoms with Gasteiger partial charge >= 0.3 is 5.97 Å². The Morgan fingerprint density at radius 1 is 1.48 bits per heavy atom. The van der Waals surface area contributed by atoms with Gasteiger partial charge in [0.25, 0.3) is 5.24 Å². The number of halogens is 2. The molecule has 0 atom stereocenters. The van der Waals surface area contributed by atoms with Crippen LogP contribution in [0.5, 0.6) is 0 Å². The standard InChI is InChI=1S/C14H8BrClN2O3/c15-10-1-2-12-11(4-10)9(3-8(5-17)14(16)21)6-18(12)7-13(19)20/h1-4,6H,7H2,(H,19,20)/b8-3+. The normalized spacial score (nSPS) is 11.4. The molecule has 1 aromatic carbocycles. The highest BCUT2D eigenvalue weighted by molar-refractivity contribution is 9.10. The number of benzene rings is 1. The molecule has 7 heteroatoms. The van der Waals surface area contributed by atoms with E-state index in [1.807, 2.05) is 0 Å². The van der Waals surface area contributed by atoms with Crippen LogP contribution in [0.3, 0.4) is 0 Å². The number of fused-ring (bicyclic) bond motifs is 1. The van der Waals surface area contributed by atoms with Crippen molar-refractivity contribution in [1.82, 2.24) is 4.57 Å². The first-order chi connectivity index (χ1) is 9.92. The Balaban J connectivity index is 2.69. The quantitative estimate of drug-likeness (QED) is 0.511. The molecule has 2 rings (SSSR count). The summed E-state index contributed by atoms with van der Waals surface area (Å²) in [7, 11) is 0. The average Bonchev–Trinajstić information content (AvgIpc) is 2.72. The Morgan fingerprint density at radius 3 is 2.76 bits per heavy atom. The van der Waals surface area contributed by atoms with E-state index in [1.165, 1.54) is 10.6 Å². The van der Waals surface area contributed by atoms with Crippen LogP contribution in [-0.2, 0) is 16.1 Å². The monoisotopic (exact) mass is 366 g/mol. The van der Waals surface area contributed by atoms with Crippen molar-refractivity contribution in [2.75, 3.05) is 0 Å². The third-order valence-electron chi connectivity index (χ3n) is 2.81. The van der Waals surface area contributed by atoms with Gasteiger partial charge in [-0.05, 0) is 35.9 Å². The number of allylic oxidation sites excluding steroid dienone is 1. The second-order valence-electron chi connectivity index (χ2n) is 4.21. The number of carbonyl (C=O) groups is 2. The van der Waals surface area contributed by atoms with Gasteiger partial charge in [-0.2, -0.15) is 5.26 Å². The maximum absolute atomic E-state index is 11.1. The van der Waals surface area contributed by atoms with E-state index in [2.05, 4.69) is 15.9 Å². The van der Waals surface area contributed by atoms with Gasteiger partial charge in [-0.3, -0.25) is 9.59 Å². The Morgan fingerprint density at radius 2 is 2.19 bits per heavy atom. The third kappa shape index (κ3) is 3.32. The summed E-state index contributed by atoms with van der Waals surface area (Å²) in [5, 5.41) is 17.7. The van der Waals surface area contributed by atoms with Crippen molar-refractivity contribution >= 4 is 55.7 Å². The van der Waals surface area contributed by atoms with Gasteiger partial charge in [-0.15, -0.1) is 0 Å². The molecule has 106 valence electrons. The van der Waals surface area contributed by atoms with Gasteiger partial charge in [0.15, 0.2) is 0 Å². The van der Waals surface area contributed by atoms with Crippen LogP contribution in [0.2, 0.25) is 0 Å². The Kier molecular flexibility index (Phi) is 4.46. The van der Waals surface area contributed by atoms with E-state index in [-0.39, 0.29) is 12.1 Å². The van der Waals surface area contributed by atoms with Gasteiger partial charge < -0.3 is 9.67 Å². The van der Waals surface area contributed by atoms with Crippen LogP contribution in [0.15, 0.2) is 34.4 Å². The van der Waals surface area contributed by atoms with Crippen LogP contribution in [0.1, 0.15) is 5.56 Å². The number of hydrogen-bond acceptors (Lipinski definition) is 3. The molecule has 1 N–H and O–H groups in total. The van der Waals surface area contributed by atoms with Gasteiger partial charge in [0.2, 0.25) is 0 Å². The molecule has 1 aromatic heterocycles. The number of aliphatic carboxylic acids is 1. The van der Waals surface area contributed by atoms with E-state index < -0.39 is 11.2 Å².